The van der Waals surface area contributed by atoms with E-state index >= 15 is 0 Å². The van der Waals surface area contributed by atoms with Gasteiger partial charge in [0.25, 0.3) is 5.79 Å². The summed E-state index contributed by atoms with van der Waals surface area (Å²) in [4.78, 5) is 26.4. The van der Waals surface area contributed by atoms with Gasteiger partial charge in [-0.25, -0.2) is 4.79 Å². The van der Waals surface area contributed by atoms with E-state index in [0.29, 0.717) is 18.4 Å². The molecule has 0 unspecified atom stereocenters. The lowest BCUT2D eigenvalue weighted by Gasteiger charge is -2.70. The molecule has 5 aliphatic rings. The van der Waals surface area contributed by atoms with Crippen LogP contribution in [0.25, 0.3) is 0 Å². The molecule has 2 N–H and O–H groups in total. The van der Waals surface area contributed by atoms with Crippen molar-refractivity contribution in [2.75, 3.05) is 6.61 Å². The molecule has 1 spiro atoms. The van der Waals surface area contributed by atoms with Gasteiger partial charge in [-0.2, -0.15) is 0 Å². The van der Waals surface area contributed by atoms with Crippen molar-refractivity contribution in [2.45, 2.75) is 57.5 Å². The van der Waals surface area contributed by atoms with E-state index < -0.39 is 39.7 Å². The Hall–Kier alpha value is -1.76. The van der Waals surface area contributed by atoms with Crippen molar-refractivity contribution < 1.29 is 29.3 Å². The first-order valence-electron chi connectivity index (χ1n) is 9.97. The molecule has 4 bridgehead atoms. The summed E-state index contributed by atoms with van der Waals surface area (Å²) in [5, 5.41) is 23.5. The van der Waals surface area contributed by atoms with Gasteiger partial charge in [-0.05, 0) is 37.8 Å². The highest BCUT2D eigenvalue weighted by Crippen LogP contribution is 2.80. The molecule has 150 valence electrons. The molecule has 1 heterocycles. The fraction of sp³-hybridized carbons (Fsp3) is 0.636. The van der Waals surface area contributed by atoms with E-state index in [-0.39, 0.29) is 24.7 Å². The summed E-state index contributed by atoms with van der Waals surface area (Å²) in [5.74, 6) is -2.65. The van der Waals surface area contributed by atoms with Crippen LogP contribution >= 0.6 is 0 Å². The van der Waals surface area contributed by atoms with Crippen molar-refractivity contribution in [1.29, 1.82) is 0 Å². The van der Waals surface area contributed by atoms with Crippen LogP contribution in [0.4, 0.5) is 0 Å². The second-order valence-electron chi connectivity index (χ2n) is 9.51. The van der Waals surface area contributed by atoms with Crippen molar-refractivity contribution in [1.82, 2.24) is 0 Å². The number of aliphatic hydroxyl groups excluding tert-OH is 1. The van der Waals surface area contributed by atoms with Gasteiger partial charge < -0.3 is 19.7 Å². The molecule has 28 heavy (non-hydrogen) atoms. The number of hydrogen-bond donors (Lipinski definition) is 2. The fourth-order valence-corrected chi connectivity index (χ4v) is 7.08. The lowest BCUT2D eigenvalue weighted by molar-refractivity contribution is -0.366. The van der Waals surface area contributed by atoms with Gasteiger partial charge in [-0.3, -0.25) is 4.79 Å². The normalized spacial score (nSPS) is 51.2. The third-order valence-electron chi connectivity index (χ3n) is 8.99. The van der Waals surface area contributed by atoms with Gasteiger partial charge in [0.1, 0.15) is 17.3 Å². The fourth-order valence-electron chi connectivity index (χ4n) is 7.08. The van der Waals surface area contributed by atoms with E-state index in [0.717, 1.165) is 0 Å². The maximum Gasteiger partial charge on any atom is 0.340 e. The Morgan fingerprint density at radius 1 is 1.25 bits per heavy atom. The Bertz CT molecular complexity index is 884. The van der Waals surface area contributed by atoms with Gasteiger partial charge in [-0.15, -0.1) is 0 Å². The summed E-state index contributed by atoms with van der Waals surface area (Å²) in [6.07, 6.45) is -0.00825. The summed E-state index contributed by atoms with van der Waals surface area (Å²) in [7, 11) is 0. The Balaban J connectivity index is 1.70. The molecule has 0 amide bonds. The summed E-state index contributed by atoms with van der Waals surface area (Å²) >= 11 is 0. The molecule has 1 aliphatic heterocycles. The zero-order valence-electron chi connectivity index (χ0n) is 16.4. The van der Waals surface area contributed by atoms with Crippen molar-refractivity contribution in [3.63, 3.8) is 0 Å². The highest BCUT2D eigenvalue weighted by atomic mass is 16.7. The average Bonchev–Trinajstić information content (AvgIpc) is 3.07. The number of Topliss-reactive ketones (excluding diaryl/α,β-unsaturated/α-hetero) is 1. The van der Waals surface area contributed by atoms with Crippen molar-refractivity contribution in [2.24, 2.45) is 22.2 Å². The number of benzene rings is 1. The summed E-state index contributed by atoms with van der Waals surface area (Å²) in [6.45, 7) is 5.55. The number of hydrogen-bond acceptors (Lipinski definition) is 6. The molecule has 1 aromatic rings. The highest BCUT2D eigenvalue weighted by Gasteiger charge is 2.92. The topological polar surface area (TPSA) is 93.1 Å². The maximum absolute atomic E-state index is 13.4. The monoisotopic (exact) mass is 386 g/mol. The molecule has 6 rings (SSSR count). The van der Waals surface area contributed by atoms with Gasteiger partial charge in [0.2, 0.25) is 0 Å². The SMILES string of the molecule is C[C@@H]1CC[C@]2(O)[C@@]13CC(=O)[C@@]1(C)[C@@](OC(=O)c4ccccc4)(OC[C@@]21C)[C@H]3O. The molecule has 7 atom stereocenters. The number of esters is 1. The summed E-state index contributed by atoms with van der Waals surface area (Å²) in [6, 6.07) is 8.48. The molecule has 5 fully saturated rings. The second kappa shape index (κ2) is 5.04. The molecule has 1 saturated heterocycles. The van der Waals surface area contributed by atoms with Crippen LogP contribution in [0, 0.1) is 22.2 Å². The number of carbonyl (C=O) groups excluding carboxylic acids is 2. The van der Waals surface area contributed by atoms with Gasteiger partial charge >= 0.3 is 5.97 Å². The van der Waals surface area contributed by atoms with Crippen LogP contribution in [0.2, 0.25) is 0 Å². The first kappa shape index (κ1) is 18.3. The zero-order valence-corrected chi connectivity index (χ0v) is 16.4. The minimum absolute atomic E-state index is 0.0549. The largest absolute Gasteiger partial charge is 0.425 e. The van der Waals surface area contributed by atoms with Gasteiger partial charge in [0.05, 0.1) is 17.8 Å². The molecule has 0 radical (unpaired) electrons. The van der Waals surface area contributed by atoms with Crippen LogP contribution in [0.3, 0.4) is 0 Å². The number of carbonyl (C=O) groups is 2. The third-order valence-corrected chi connectivity index (χ3v) is 8.99. The average molecular weight is 386 g/mol. The Morgan fingerprint density at radius 3 is 2.61 bits per heavy atom. The lowest BCUT2D eigenvalue weighted by Crippen LogP contribution is -2.84. The van der Waals surface area contributed by atoms with E-state index in [4.69, 9.17) is 9.47 Å². The zero-order chi connectivity index (χ0) is 20.2. The number of rotatable bonds is 2. The first-order chi connectivity index (χ1) is 13.1. The minimum Gasteiger partial charge on any atom is -0.425 e. The van der Waals surface area contributed by atoms with E-state index in [1.165, 1.54) is 0 Å². The van der Waals surface area contributed by atoms with E-state index in [1.54, 1.807) is 37.3 Å². The van der Waals surface area contributed by atoms with Crippen LogP contribution < -0.4 is 0 Å². The minimum atomic E-state index is -1.80. The Morgan fingerprint density at radius 2 is 1.93 bits per heavy atom. The number of ketones is 1. The van der Waals surface area contributed by atoms with Crippen molar-refractivity contribution in [3.8, 4) is 0 Å². The molecule has 6 nitrogen and oxygen atoms in total. The molecule has 4 saturated carbocycles. The molecular formula is C22H26O6. The number of aliphatic hydroxyl groups is 2. The van der Waals surface area contributed by atoms with Gasteiger partial charge in [0.15, 0.2) is 0 Å². The Labute approximate surface area is 163 Å². The van der Waals surface area contributed by atoms with Crippen molar-refractivity contribution >= 4 is 11.8 Å². The van der Waals surface area contributed by atoms with E-state index in [9.17, 15) is 19.8 Å². The quantitative estimate of drug-likeness (QED) is 0.756. The van der Waals surface area contributed by atoms with Crippen molar-refractivity contribution in [3.05, 3.63) is 35.9 Å². The number of ether oxygens (including phenoxy) is 2. The van der Waals surface area contributed by atoms with E-state index in [1.807, 2.05) is 13.8 Å². The first-order valence-corrected chi connectivity index (χ1v) is 9.97. The summed E-state index contributed by atoms with van der Waals surface area (Å²) in [5.41, 5.74) is -4.28. The van der Waals surface area contributed by atoms with Crippen LogP contribution in [-0.4, -0.2) is 46.1 Å². The lowest BCUT2D eigenvalue weighted by atomic mass is 9.35. The Kier molecular flexibility index (Phi) is 3.29. The van der Waals surface area contributed by atoms with Gasteiger partial charge in [-0.1, -0.05) is 32.0 Å². The third kappa shape index (κ3) is 1.51. The van der Waals surface area contributed by atoms with Crippen LogP contribution in [0.5, 0.6) is 0 Å². The molecule has 1 aromatic carbocycles. The van der Waals surface area contributed by atoms with Crippen LogP contribution in [0.1, 0.15) is 50.4 Å². The van der Waals surface area contributed by atoms with Crippen LogP contribution in [0.15, 0.2) is 30.3 Å². The standard InChI is InChI=1S/C22H26O6/c1-13-9-10-21(26)18(2)12-27-22(28-16(24)14-7-5-4-6-8-14)17(25)20(13,21)11-15(23)19(18,22)3/h4-8,13,17,25-26H,9-12H2,1-3H3/t13-,17+,18-,19-,20+,21-,22-/m1/s1. The molecule has 6 heteroatoms. The molecular weight excluding hydrogens is 360 g/mol. The van der Waals surface area contributed by atoms with Crippen LogP contribution in [-0.2, 0) is 14.3 Å². The van der Waals surface area contributed by atoms with Gasteiger partial charge in [0, 0.05) is 17.3 Å². The van der Waals surface area contributed by atoms with E-state index in [2.05, 4.69) is 0 Å². The predicted molar refractivity (Wildman–Crippen MR) is 98.2 cm³/mol. The second-order valence-corrected chi connectivity index (χ2v) is 9.51. The maximum atomic E-state index is 13.4. The summed E-state index contributed by atoms with van der Waals surface area (Å²) < 4.78 is 11.9. The smallest absolute Gasteiger partial charge is 0.340 e. The molecule has 0 aromatic heterocycles. The number of fused-ring (bicyclic) bond motifs is 1. The predicted octanol–water partition coefficient (Wildman–Crippen LogP) is 2.08. The molecule has 4 aliphatic carbocycles. The highest BCUT2D eigenvalue weighted by molar-refractivity contribution is 5.94.